The van der Waals surface area contributed by atoms with Gasteiger partial charge in [0.15, 0.2) is 0 Å². The zero-order chi connectivity index (χ0) is 13.6. The molecule has 2 aliphatic heterocycles. The fourth-order valence-corrected chi connectivity index (χ4v) is 3.51. The maximum absolute atomic E-state index is 13.7. The Hall–Kier alpha value is -1.69. The summed E-state index contributed by atoms with van der Waals surface area (Å²) < 4.78 is 13.7. The number of nitro groups is 1. The van der Waals surface area contributed by atoms with Gasteiger partial charge in [0, 0.05) is 18.1 Å². The van der Waals surface area contributed by atoms with E-state index in [1.54, 1.807) is 6.07 Å². The highest BCUT2D eigenvalue weighted by Gasteiger charge is 2.42. The molecule has 1 aromatic carbocycles. The summed E-state index contributed by atoms with van der Waals surface area (Å²) in [4.78, 5) is 12.5. The third kappa shape index (κ3) is 1.96. The van der Waals surface area contributed by atoms with Gasteiger partial charge in [0.25, 0.3) is 0 Å². The minimum Gasteiger partial charge on any atom is -0.360 e. The molecule has 19 heavy (non-hydrogen) atoms. The quantitative estimate of drug-likeness (QED) is 0.657. The van der Waals surface area contributed by atoms with Crippen LogP contribution in [0.5, 0.6) is 0 Å². The summed E-state index contributed by atoms with van der Waals surface area (Å²) in [6.07, 6.45) is 3.60. The molecule has 3 rings (SSSR count). The van der Waals surface area contributed by atoms with Crippen LogP contribution in [0.4, 0.5) is 15.8 Å². The number of fused-ring (bicyclic) bond motifs is 2. The first-order valence-corrected chi connectivity index (χ1v) is 6.54. The molecule has 1 aromatic rings. The monoisotopic (exact) mass is 265 g/mol. The number of para-hydroxylation sites is 1. The van der Waals surface area contributed by atoms with Crippen LogP contribution in [0.2, 0.25) is 0 Å². The fraction of sp³-hybridized carbons (Fsp3) is 0.538. The van der Waals surface area contributed by atoms with Crippen LogP contribution in [0.3, 0.4) is 0 Å². The highest BCUT2D eigenvalue weighted by atomic mass is 19.1. The molecule has 5 nitrogen and oxygen atoms in total. The average Bonchev–Trinajstić information content (AvgIpc) is 2.60. The molecular formula is C13H16FN3O2. The second-order valence-electron chi connectivity index (χ2n) is 5.39. The second-order valence-corrected chi connectivity index (χ2v) is 5.39. The average molecular weight is 265 g/mol. The molecule has 2 N–H and O–H groups in total. The number of rotatable bonds is 2. The first-order chi connectivity index (χ1) is 9.08. The Labute approximate surface area is 110 Å². The van der Waals surface area contributed by atoms with Gasteiger partial charge in [0.1, 0.15) is 5.69 Å². The molecule has 2 bridgehead atoms. The summed E-state index contributed by atoms with van der Waals surface area (Å²) >= 11 is 0. The molecule has 2 atom stereocenters. The molecule has 6 heteroatoms. The van der Waals surface area contributed by atoms with Crippen LogP contribution >= 0.6 is 0 Å². The second kappa shape index (κ2) is 4.45. The molecule has 0 spiro atoms. The van der Waals surface area contributed by atoms with E-state index in [0.29, 0.717) is 5.69 Å². The smallest absolute Gasteiger partial charge is 0.327 e. The topological polar surface area (TPSA) is 72.4 Å². The number of nitro benzene ring substituents is 1. The number of benzene rings is 1. The van der Waals surface area contributed by atoms with Gasteiger partial charge >= 0.3 is 5.69 Å². The van der Waals surface area contributed by atoms with E-state index in [1.165, 1.54) is 6.07 Å². The van der Waals surface area contributed by atoms with Crippen molar-refractivity contribution in [3.8, 4) is 0 Å². The van der Waals surface area contributed by atoms with Gasteiger partial charge in [-0.05, 0) is 37.8 Å². The zero-order valence-corrected chi connectivity index (χ0v) is 10.5. The number of nitrogens with two attached hydrogens (primary N) is 1. The molecule has 2 aliphatic rings. The Morgan fingerprint density at radius 2 is 1.95 bits per heavy atom. The lowest BCUT2D eigenvalue weighted by Crippen LogP contribution is -2.47. The molecule has 2 fully saturated rings. The van der Waals surface area contributed by atoms with Gasteiger partial charge < -0.3 is 10.6 Å². The van der Waals surface area contributed by atoms with Crippen molar-refractivity contribution in [1.82, 2.24) is 0 Å². The Morgan fingerprint density at radius 1 is 1.32 bits per heavy atom. The van der Waals surface area contributed by atoms with E-state index in [9.17, 15) is 14.5 Å². The molecule has 2 unspecified atom stereocenters. The van der Waals surface area contributed by atoms with Crippen LogP contribution in [0.25, 0.3) is 0 Å². The highest BCUT2D eigenvalue weighted by Crippen LogP contribution is 2.43. The van der Waals surface area contributed by atoms with Gasteiger partial charge in [-0.1, -0.05) is 6.07 Å². The van der Waals surface area contributed by atoms with Crippen molar-refractivity contribution in [1.29, 1.82) is 0 Å². The summed E-state index contributed by atoms with van der Waals surface area (Å²) in [5, 5.41) is 11.1. The first-order valence-electron chi connectivity index (χ1n) is 6.54. The van der Waals surface area contributed by atoms with E-state index in [0.717, 1.165) is 31.7 Å². The van der Waals surface area contributed by atoms with Gasteiger partial charge in [-0.2, -0.15) is 4.39 Å². The third-order valence-electron chi connectivity index (χ3n) is 4.20. The first kappa shape index (κ1) is 12.3. The lowest BCUT2D eigenvalue weighted by atomic mass is 9.97. The Kier molecular flexibility index (Phi) is 2.89. The van der Waals surface area contributed by atoms with Crippen molar-refractivity contribution in [2.75, 3.05) is 4.90 Å². The van der Waals surface area contributed by atoms with Crippen molar-refractivity contribution in [3.05, 3.63) is 34.1 Å². The molecule has 2 heterocycles. The molecular weight excluding hydrogens is 249 g/mol. The van der Waals surface area contributed by atoms with E-state index < -0.39 is 16.4 Å². The minimum absolute atomic E-state index is 0.154. The van der Waals surface area contributed by atoms with Crippen molar-refractivity contribution < 1.29 is 9.31 Å². The van der Waals surface area contributed by atoms with Gasteiger partial charge in [0.2, 0.25) is 5.82 Å². The Morgan fingerprint density at radius 3 is 2.53 bits per heavy atom. The van der Waals surface area contributed by atoms with Crippen LogP contribution in [0, 0.1) is 15.9 Å². The van der Waals surface area contributed by atoms with E-state index in [-0.39, 0.29) is 18.1 Å². The molecule has 102 valence electrons. The fourth-order valence-electron chi connectivity index (χ4n) is 3.51. The maximum Gasteiger partial charge on any atom is 0.327 e. The molecule has 0 saturated carbocycles. The summed E-state index contributed by atoms with van der Waals surface area (Å²) in [5.41, 5.74) is 5.99. The Balaban J connectivity index is 2.04. The molecule has 0 aromatic heterocycles. The summed E-state index contributed by atoms with van der Waals surface area (Å²) in [5.74, 6) is -0.767. The third-order valence-corrected chi connectivity index (χ3v) is 4.20. The molecule has 0 amide bonds. The number of hydrogen-bond donors (Lipinski definition) is 1. The molecule has 0 aliphatic carbocycles. The largest absolute Gasteiger partial charge is 0.360 e. The van der Waals surface area contributed by atoms with Crippen LogP contribution in [-0.2, 0) is 0 Å². The number of halogens is 1. The molecule has 0 radical (unpaired) electrons. The van der Waals surface area contributed by atoms with E-state index in [2.05, 4.69) is 0 Å². The van der Waals surface area contributed by atoms with E-state index in [1.807, 2.05) is 4.90 Å². The van der Waals surface area contributed by atoms with E-state index in [4.69, 9.17) is 5.73 Å². The van der Waals surface area contributed by atoms with E-state index >= 15 is 0 Å². The van der Waals surface area contributed by atoms with Crippen LogP contribution in [0.1, 0.15) is 25.7 Å². The summed E-state index contributed by atoms with van der Waals surface area (Å²) in [6.45, 7) is 0. The lowest BCUT2D eigenvalue weighted by Gasteiger charge is -2.39. The van der Waals surface area contributed by atoms with Crippen molar-refractivity contribution in [2.45, 2.75) is 43.8 Å². The highest BCUT2D eigenvalue weighted by molar-refractivity contribution is 5.65. The van der Waals surface area contributed by atoms with Crippen LogP contribution < -0.4 is 10.6 Å². The lowest BCUT2D eigenvalue weighted by molar-refractivity contribution is -0.386. The normalized spacial score (nSPS) is 29.6. The minimum atomic E-state index is -0.767. The predicted octanol–water partition coefficient (Wildman–Crippen LogP) is 2.19. The van der Waals surface area contributed by atoms with Gasteiger partial charge in [-0.3, -0.25) is 10.1 Å². The number of anilines is 1. The van der Waals surface area contributed by atoms with Crippen molar-refractivity contribution in [3.63, 3.8) is 0 Å². The SMILES string of the molecule is NC1CC2CCC(C1)N2c1cccc(F)c1[N+](=O)[O-]. The Bertz CT molecular complexity index is 509. The standard InChI is InChI=1S/C13H16FN3O2/c14-11-2-1-3-12(13(11)17(18)19)16-9-4-5-10(16)7-8(15)6-9/h1-3,8-10H,4-7,15H2. The number of hydrogen-bond acceptors (Lipinski definition) is 4. The number of piperidine rings is 1. The van der Waals surface area contributed by atoms with Crippen molar-refractivity contribution in [2.24, 2.45) is 5.73 Å². The zero-order valence-electron chi connectivity index (χ0n) is 10.5. The summed E-state index contributed by atoms with van der Waals surface area (Å²) in [7, 11) is 0. The maximum atomic E-state index is 13.7. The van der Waals surface area contributed by atoms with Crippen LogP contribution in [-0.4, -0.2) is 23.0 Å². The van der Waals surface area contributed by atoms with Gasteiger partial charge in [-0.15, -0.1) is 0 Å². The van der Waals surface area contributed by atoms with Gasteiger partial charge in [-0.25, -0.2) is 0 Å². The van der Waals surface area contributed by atoms with Crippen LogP contribution in [0.15, 0.2) is 18.2 Å². The number of nitrogens with zero attached hydrogens (tertiary/aromatic N) is 2. The van der Waals surface area contributed by atoms with Crippen molar-refractivity contribution >= 4 is 11.4 Å². The molecule has 2 saturated heterocycles. The predicted molar refractivity (Wildman–Crippen MR) is 69.6 cm³/mol. The summed E-state index contributed by atoms with van der Waals surface area (Å²) in [6, 6.07) is 4.87. The van der Waals surface area contributed by atoms with Gasteiger partial charge in [0.05, 0.1) is 4.92 Å².